The average Bonchev–Trinajstić information content (AvgIpc) is 3.06. The van der Waals surface area contributed by atoms with E-state index < -0.39 is 10.5 Å². The molecule has 9 heteroatoms. The number of aliphatic imine (C=N–C) groups is 1. The third-order valence-corrected chi connectivity index (χ3v) is 5.52. The first kappa shape index (κ1) is 25.6. The van der Waals surface area contributed by atoms with Crippen molar-refractivity contribution in [2.45, 2.75) is 11.7 Å². The Morgan fingerprint density at radius 3 is 2.41 bits per heavy atom. The highest BCUT2D eigenvalue weighted by Gasteiger charge is 2.24. The first-order valence-electron chi connectivity index (χ1n) is 10.4. The number of amides is 1. The zero-order valence-corrected chi connectivity index (χ0v) is 19.9. The monoisotopic (exact) mass is 460 g/mol. The molecular formula is C23H32N4O4S. The Kier molecular flexibility index (Phi) is 9.96. The molecule has 174 valence electrons. The summed E-state index contributed by atoms with van der Waals surface area (Å²) in [5.41, 5.74) is 0.980. The minimum atomic E-state index is -0.397. The maximum Gasteiger partial charge on any atom is 0.259 e. The largest absolute Gasteiger partial charge is 0.854 e. The van der Waals surface area contributed by atoms with Crippen LogP contribution < -0.4 is 14.7 Å². The number of hydrogen-bond donors (Lipinski definition) is 1. The molecule has 1 aliphatic rings. The number of anilines is 1. The average molecular weight is 461 g/mol. The van der Waals surface area contributed by atoms with Crippen molar-refractivity contribution >= 4 is 28.7 Å². The Labute approximate surface area is 194 Å². The number of pyridine rings is 1. The third kappa shape index (κ3) is 9.25. The van der Waals surface area contributed by atoms with E-state index in [9.17, 15) is 9.90 Å². The van der Waals surface area contributed by atoms with E-state index in [4.69, 9.17) is 9.84 Å². The summed E-state index contributed by atoms with van der Waals surface area (Å²) in [4.78, 5) is 21.3. The lowest BCUT2D eigenvalue weighted by atomic mass is 10.1. The lowest BCUT2D eigenvalue weighted by Crippen LogP contribution is -2.36. The molecule has 1 aromatic carbocycles. The van der Waals surface area contributed by atoms with Gasteiger partial charge in [0, 0.05) is 18.5 Å². The van der Waals surface area contributed by atoms with Crippen LogP contribution in [0.1, 0.15) is 5.56 Å². The molecule has 0 saturated carbocycles. The highest BCUT2D eigenvalue weighted by molar-refractivity contribution is 8.14. The van der Waals surface area contributed by atoms with Crippen molar-refractivity contribution in [3.63, 3.8) is 0 Å². The minimum Gasteiger partial charge on any atom is -0.854 e. The molecule has 2 heterocycles. The van der Waals surface area contributed by atoms with Crippen LogP contribution in [0, 0.1) is 0 Å². The molecule has 8 nitrogen and oxygen atoms in total. The Bertz CT molecular complexity index is 870. The summed E-state index contributed by atoms with van der Waals surface area (Å²) >= 11 is 0.990. The molecule has 2 aromatic rings. The predicted molar refractivity (Wildman–Crippen MR) is 127 cm³/mol. The first-order chi connectivity index (χ1) is 15.2. The Hall–Kier alpha value is -2.62. The molecule has 1 aliphatic heterocycles. The Balaban J connectivity index is 0.000000451. The molecular weight excluding hydrogens is 428 g/mol. The fourth-order valence-corrected chi connectivity index (χ4v) is 3.54. The summed E-state index contributed by atoms with van der Waals surface area (Å²) in [7, 11) is 8.13. The van der Waals surface area contributed by atoms with Gasteiger partial charge in [0.1, 0.15) is 24.7 Å². The normalized spacial score (nSPS) is 15.6. The van der Waals surface area contributed by atoms with Crippen LogP contribution in [0.4, 0.5) is 5.82 Å². The maximum atomic E-state index is 11.5. The number of aliphatic hydroxyl groups is 1. The minimum absolute atomic E-state index is 0.281. The molecule has 0 fully saturated rings. The number of aliphatic hydroxyl groups excluding tert-OH is 1. The fraction of sp³-hybridized carbons (Fsp3) is 0.435. The lowest BCUT2D eigenvalue weighted by Gasteiger charge is -2.21. The van der Waals surface area contributed by atoms with Gasteiger partial charge in [0.05, 0.1) is 39.5 Å². The number of hydrogen-bond acceptors (Lipinski definition) is 7. The summed E-state index contributed by atoms with van der Waals surface area (Å²) in [6, 6.07) is 13.4. The number of likely N-dealkylation sites (N-methyl/N-ethyl adjacent to an activating group) is 2. The van der Waals surface area contributed by atoms with E-state index in [1.54, 1.807) is 6.20 Å². The fourth-order valence-electron chi connectivity index (χ4n) is 2.72. The van der Waals surface area contributed by atoms with Crippen LogP contribution in [0.15, 0.2) is 53.7 Å². The van der Waals surface area contributed by atoms with Crippen LogP contribution in [-0.2, 0) is 11.2 Å². The van der Waals surface area contributed by atoms with Crippen molar-refractivity contribution in [1.29, 1.82) is 0 Å². The molecule has 1 unspecified atom stereocenters. The van der Waals surface area contributed by atoms with Gasteiger partial charge in [-0.05, 0) is 36.2 Å². The van der Waals surface area contributed by atoms with Gasteiger partial charge in [-0.1, -0.05) is 18.2 Å². The lowest BCUT2D eigenvalue weighted by molar-refractivity contribution is -0.870. The summed E-state index contributed by atoms with van der Waals surface area (Å²) in [6.07, 6.45) is 2.26. The molecule has 0 radical (unpaired) electrons. The number of benzene rings is 1. The van der Waals surface area contributed by atoms with Gasteiger partial charge in [0.25, 0.3) is 5.91 Å². The highest BCUT2D eigenvalue weighted by atomic mass is 32.2. The van der Waals surface area contributed by atoms with E-state index in [1.165, 1.54) is 0 Å². The van der Waals surface area contributed by atoms with Gasteiger partial charge < -0.3 is 24.3 Å². The second-order valence-electron chi connectivity index (χ2n) is 8.37. The SMILES string of the molecule is CN(CCOc1ccc(CC2SC([O-])=NC2=O)cc1)c1ccccn1.C[N+](C)(C)CCO. The van der Waals surface area contributed by atoms with Gasteiger partial charge in [-0.3, -0.25) is 4.79 Å². The van der Waals surface area contributed by atoms with Gasteiger partial charge >= 0.3 is 0 Å². The second kappa shape index (κ2) is 12.4. The zero-order valence-electron chi connectivity index (χ0n) is 19.1. The van der Waals surface area contributed by atoms with E-state index in [0.29, 0.717) is 13.0 Å². The number of carbonyl (C=O) groups excluding carboxylic acids is 1. The Morgan fingerprint density at radius 1 is 1.19 bits per heavy atom. The van der Waals surface area contributed by atoms with E-state index in [1.807, 2.05) is 54.4 Å². The molecule has 0 saturated heterocycles. The van der Waals surface area contributed by atoms with E-state index in [0.717, 1.165) is 46.5 Å². The van der Waals surface area contributed by atoms with Crippen LogP contribution in [0.25, 0.3) is 0 Å². The summed E-state index contributed by atoms with van der Waals surface area (Å²) < 4.78 is 6.59. The van der Waals surface area contributed by atoms with Gasteiger partial charge in [0.2, 0.25) is 0 Å². The van der Waals surface area contributed by atoms with Crippen molar-refractivity contribution in [2.24, 2.45) is 4.99 Å². The topological polar surface area (TPSA) is 98.1 Å². The van der Waals surface area contributed by atoms with E-state index in [-0.39, 0.29) is 12.5 Å². The molecule has 32 heavy (non-hydrogen) atoms. The predicted octanol–water partition coefficient (Wildman–Crippen LogP) is 1.18. The highest BCUT2D eigenvalue weighted by Crippen LogP contribution is 2.24. The Morgan fingerprint density at radius 2 is 1.91 bits per heavy atom. The van der Waals surface area contributed by atoms with Crippen molar-refractivity contribution in [3.05, 3.63) is 54.2 Å². The maximum absolute atomic E-state index is 11.5. The molecule has 0 spiro atoms. The van der Waals surface area contributed by atoms with Crippen molar-refractivity contribution in [3.8, 4) is 5.75 Å². The van der Waals surface area contributed by atoms with Crippen LogP contribution >= 0.6 is 11.8 Å². The standard InChI is InChI=1S/C18H19N3O3S.C5H14NO/c1-21(16-4-2-3-9-19-16)10-11-24-14-7-5-13(6-8-14)12-15-17(22)20-18(23)25-15;1-6(2,3)4-5-7/h2-9,15H,10-12H2,1H3,(H,20,22,23);7H,4-5H2,1-3H3/q;+1/p-1. The van der Waals surface area contributed by atoms with Gasteiger partial charge in [0.15, 0.2) is 0 Å². The molecule has 1 N–H and O–H groups in total. The van der Waals surface area contributed by atoms with Crippen LogP contribution in [0.5, 0.6) is 5.75 Å². The van der Waals surface area contributed by atoms with Crippen LogP contribution in [0.2, 0.25) is 0 Å². The van der Waals surface area contributed by atoms with Crippen molar-refractivity contribution in [2.75, 3.05) is 59.4 Å². The van der Waals surface area contributed by atoms with Gasteiger partial charge in [-0.2, -0.15) is 0 Å². The smallest absolute Gasteiger partial charge is 0.259 e. The number of quaternary nitrogens is 1. The summed E-state index contributed by atoms with van der Waals surface area (Å²) in [5, 5.41) is 18.7. The first-order valence-corrected chi connectivity index (χ1v) is 11.3. The molecule has 3 rings (SSSR count). The number of carbonyl (C=O) groups is 1. The number of thioether (sulfide) groups is 1. The quantitative estimate of drug-likeness (QED) is 0.561. The number of ether oxygens (including phenoxy) is 1. The number of aromatic nitrogens is 1. The number of nitrogens with zero attached hydrogens (tertiary/aromatic N) is 4. The van der Waals surface area contributed by atoms with Crippen molar-refractivity contribution in [1.82, 2.24) is 4.98 Å². The van der Waals surface area contributed by atoms with E-state index >= 15 is 0 Å². The molecule has 1 amide bonds. The molecule has 0 bridgehead atoms. The molecule has 1 aromatic heterocycles. The van der Waals surface area contributed by atoms with Gasteiger partial charge in [-0.15, -0.1) is 11.8 Å². The third-order valence-electron chi connectivity index (χ3n) is 4.57. The van der Waals surface area contributed by atoms with Crippen LogP contribution in [-0.4, -0.2) is 85.5 Å². The molecule has 0 aliphatic carbocycles. The second-order valence-corrected chi connectivity index (χ2v) is 9.52. The zero-order chi connectivity index (χ0) is 23.6. The van der Waals surface area contributed by atoms with Crippen LogP contribution in [0.3, 0.4) is 0 Å². The number of rotatable bonds is 9. The van der Waals surface area contributed by atoms with E-state index in [2.05, 4.69) is 31.1 Å². The summed E-state index contributed by atoms with van der Waals surface area (Å²) in [5.74, 6) is 1.33. The summed E-state index contributed by atoms with van der Waals surface area (Å²) in [6.45, 7) is 2.37. The molecule has 1 atom stereocenters. The van der Waals surface area contributed by atoms with Gasteiger partial charge in [-0.25, -0.2) is 9.98 Å². The van der Waals surface area contributed by atoms with Crippen molar-refractivity contribution < 1.29 is 24.2 Å².